The highest BCUT2D eigenvalue weighted by Crippen LogP contribution is 1.94. The zero-order chi connectivity index (χ0) is 8.65. The lowest BCUT2D eigenvalue weighted by molar-refractivity contribution is 0.298. The van der Waals surface area contributed by atoms with Crippen LogP contribution in [0.3, 0.4) is 0 Å². The molecule has 0 radical (unpaired) electrons. The van der Waals surface area contributed by atoms with Crippen LogP contribution in [-0.4, -0.2) is 6.61 Å². The summed E-state index contributed by atoms with van der Waals surface area (Å²) in [5.41, 5.74) is 1.00. The first-order chi connectivity index (χ1) is 5.93. The van der Waals surface area contributed by atoms with Gasteiger partial charge in [-0.25, -0.2) is 0 Å². The van der Waals surface area contributed by atoms with E-state index in [1.54, 1.807) is 0 Å². The molecular formula is C11H10O. The van der Waals surface area contributed by atoms with Crippen molar-refractivity contribution in [1.29, 1.82) is 0 Å². The lowest BCUT2D eigenvalue weighted by Gasteiger charge is -1.88. The summed E-state index contributed by atoms with van der Waals surface area (Å²) in [6.07, 6.45) is 1.39. The van der Waals surface area contributed by atoms with E-state index in [1.807, 2.05) is 30.3 Å². The molecule has 1 rings (SSSR count). The maximum absolute atomic E-state index is 4.85. The second kappa shape index (κ2) is 5.03. The highest BCUT2D eigenvalue weighted by Gasteiger charge is 1.79. The van der Waals surface area contributed by atoms with Crippen LogP contribution in [0.2, 0.25) is 0 Å². The third-order valence-corrected chi connectivity index (χ3v) is 1.28. The van der Waals surface area contributed by atoms with Gasteiger partial charge in [0.2, 0.25) is 0 Å². The van der Waals surface area contributed by atoms with Gasteiger partial charge in [0.15, 0.2) is 0 Å². The Bertz CT molecular complexity index is 290. The van der Waals surface area contributed by atoms with Crippen molar-refractivity contribution in [3.8, 4) is 11.8 Å². The molecule has 0 heterocycles. The molecule has 1 nitrogen and oxygen atoms in total. The van der Waals surface area contributed by atoms with Crippen LogP contribution in [0.1, 0.15) is 5.56 Å². The molecular weight excluding hydrogens is 148 g/mol. The molecule has 0 amide bonds. The van der Waals surface area contributed by atoms with E-state index in [0.717, 1.165) is 5.56 Å². The summed E-state index contributed by atoms with van der Waals surface area (Å²) in [4.78, 5) is 0. The molecule has 0 saturated carbocycles. The Morgan fingerprint density at radius 1 is 1.33 bits per heavy atom. The zero-order valence-electron chi connectivity index (χ0n) is 6.79. The molecule has 0 unspecified atom stereocenters. The van der Waals surface area contributed by atoms with Gasteiger partial charge in [-0.3, -0.25) is 0 Å². The van der Waals surface area contributed by atoms with E-state index in [4.69, 9.17) is 4.74 Å². The van der Waals surface area contributed by atoms with Gasteiger partial charge in [-0.2, -0.15) is 0 Å². The van der Waals surface area contributed by atoms with Crippen LogP contribution >= 0.6 is 0 Å². The molecule has 12 heavy (non-hydrogen) atoms. The van der Waals surface area contributed by atoms with Gasteiger partial charge in [0, 0.05) is 5.56 Å². The van der Waals surface area contributed by atoms with Gasteiger partial charge in [0.05, 0.1) is 6.26 Å². The average Bonchev–Trinajstić information content (AvgIpc) is 2.14. The smallest absolute Gasteiger partial charge is 0.148 e. The van der Waals surface area contributed by atoms with Crippen molar-refractivity contribution < 1.29 is 4.74 Å². The first-order valence-corrected chi connectivity index (χ1v) is 3.70. The molecule has 0 aliphatic rings. The Morgan fingerprint density at radius 2 is 2.08 bits per heavy atom. The maximum atomic E-state index is 4.85. The van der Waals surface area contributed by atoms with Crippen LogP contribution in [0, 0.1) is 11.8 Å². The molecule has 0 N–H and O–H groups in total. The van der Waals surface area contributed by atoms with E-state index in [0.29, 0.717) is 6.61 Å². The SMILES string of the molecule is C=COCC#Cc1ccccc1. The number of hydrogen-bond donors (Lipinski definition) is 0. The van der Waals surface area contributed by atoms with Crippen LogP contribution in [0.5, 0.6) is 0 Å². The van der Waals surface area contributed by atoms with Crippen LogP contribution in [-0.2, 0) is 4.74 Å². The van der Waals surface area contributed by atoms with Gasteiger partial charge in [-0.1, -0.05) is 36.6 Å². The van der Waals surface area contributed by atoms with Crippen molar-refractivity contribution in [3.63, 3.8) is 0 Å². The van der Waals surface area contributed by atoms with Crippen molar-refractivity contribution in [1.82, 2.24) is 0 Å². The highest BCUT2D eigenvalue weighted by atomic mass is 16.5. The lowest BCUT2D eigenvalue weighted by atomic mass is 10.2. The second-order valence-electron chi connectivity index (χ2n) is 2.15. The summed E-state index contributed by atoms with van der Waals surface area (Å²) in [6, 6.07) is 9.80. The summed E-state index contributed by atoms with van der Waals surface area (Å²) >= 11 is 0. The molecule has 0 atom stereocenters. The molecule has 1 aromatic carbocycles. The predicted octanol–water partition coefficient (Wildman–Crippen LogP) is 2.20. The van der Waals surface area contributed by atoms with E-state index >= 15 is 0 Å². The fourth-order valence-corrected chi connectivity index (χ4v) is 0.760. The summed E-state index contributed by atoms with van der Waals surface area (Å²) in [7, 11) is 0. The van der Waals surface area contributed by atoms with Gasteiger partial charge in [0.25, 0.3) is 0 Å². The largest absolute Gasteiger partial charge is 0.489 e. The van der Waals surface area contributed by atoms with Crippen molar-refractivity contribution in [2.24, 2.45) is 0 Å². The van der Waals surface area contributed by atoms with Crippen molar-refractivity contribution in [3.05, 3.63) is 48.7 Å². The Hall–Kier alpha value is -1.68. The molecule has 0 bridgehead atoms. The number of benzene rings is 1. The highest BCUT2D eigenvalue weighted by molar-refractivity contribution is 5.33. The number of rotatable bonds is 2. The minimum absolute atomic E-state index is 0.401. The molecule has 0 aliphatic heterocycles. The van der Waals surface area contributed by atoms with Crippen LogP contribution < -0.4 is 0 Å². The fourth-order valence-electron chi connectivity index (χ4n) is 0.760. The predicted molar refractivity (Wildman–Crippen MR) is 49.5 cm³/mol. The molecule has 0 aromatic heterocycles. The summed E-state index contributed by atoms with van der Waals surface area (Å²) in [5, 5.41) is 0. The maximum Gasteiger partial charge on any atom is 0.148 e. The van der Waals surface area contributed by atoms with Crippen molar-refractivity contribution >= 4 is 0 Å². The van der Waals surface area contributed by atoms with Crippen molar-refractivity contribution in [2.75, 3.05) is 6.61 Å². The molecule has 0 spiro atoms. The van der Waals surface area contributed by atoms with E-state index in [1.165, 1.54) is 6.26 Å². The molecule has 0 fully saturated rings. The Balaban J connectivity index is 2.49. The molecule has 1 aromatic rings. The van der Waals surface area contributed by atoms with Gasteiger partial charge >= 0.3 is 0 Å². The molecule has 0 aliphatic carbocycles. The second-order valence-corrected chi connectivity index (χ2v) is 2.15. The summed E-state index contributed by atoms with van der Waals surface area (Å²) < 4.78 is 4.85. The number of ether oxygens (including phenoxy) is 1. The van der Waals surface area contributed by atoms with E-state index in [2.05, 4.69) is 18.4 Å². The van der Waals surface area contributed by atoms with E-state index in [-0.39, 0.29) is 0 Å². The topological polar surface area (TPSA) is 9.23 Å². The monoisotopic (exact) mass is 158 g/mol. The quantitative estimate of drug-likeness (QED) is 0.364. The van der Waals surface area contributed by atoms with E-state index < -0.39 is 0 Å². The van der Waals surface area contributed by atoms with Crippen LogP contribution in [0.4, 0.5) is 0 Å². The van der Waals surface area contributed by atoms with Gasteiger partial charge in [0.1, 0.15) is 6.61 Å². The Kier molecular flexibility index (Phi) is 3.53. The van der Waals surface area contributed by atoms with E-state index in [9.17, 15) is 0 Å². The third-order valence-electron chi connectivity index (χ3n) is 1.28. The van der Waals surface area contributed by atoms with Crippen molar-refractivity contribution in [2.45, 2.75) is 0 Å². The van der Waals surface area contributed by atoms with Gasteiger partial charge in [-0.15, -0.1) is 0 Å². The lowest BCUT2D eigenvalue weighted by Crippen LogP contribution is -1.80. The normalized spacial score (nSPS) is 8.00. The Morgan fingerprint density at radius 3 is 2.75 bits per heavy atom. The van der Waals surface area contributed by atoms with Crippen LogP contribution in [0.25, 0.3) is 0 Å². The van der Waals surface area contributed by atoms with Crippen LogP contribution in [0.15, 0.2) is 43.2 Å². The Labute approximate surface area is 72.7 Å². The average molecular weight is 158 g/mol. The minimum atomic E-state index is 0.401. The first-order valence-electron chi connectivity index (χ1n) is 3.70. The molecule has 0 saturated heterocycles. The van der Waals surface area contributed by atoms with Gasteiger partial charge < -0.3 is 4.74 Å². The molecule has 60 valence electrons. The minimum Gasteiger partial charge on any atom is -0.489 e. The fraction of sp³-hybridized carbons (Fsp3) is 0.0909. The summed E-state index contributed by atoms with van der Waals surface area (Å²) in [6.45, 7) is 3.82. The number of hydrogen-bond acceptors (Lipinski definition) is 1. The zero-order valence-corrected chi connectivity index (χ0v) is 6.79. The third kappa shape index (κ3) is 2.94. The standard InChI is InChI=1S/C11H10O/c1-2-12-10-6-9-11-7-4-3-5-8-11/h2-5,7-8H,1,10H2. The first kappa shape index (κ1) is 8.42. The molecule has 1 heteroatoms. The summed E-state index contributed by atoms with van der Waals surface area (Å²) in [5.74, 6) is 5.82. The van der Waals surface area contributed by atoms with Gasteiger partial charge in [-0.05, 0) is 12.1 Å².